The highest BCUT2D eigenvalue weighted by molar-refractivity contribution is 6.31. The van der Waals surface area contributed by atoms with Crippen LogP contribution in [0.5, 0.6) is 0 Å². The Morgan fingerprint density at radius 2 is 1.50 bits per heavy atom. The van der Waals surface area contributed by atoms with Gasteiger partial charge < -0.3 is 29.2 Å². The summed E-state index contributed by atoms with van der Waals surface area (Å²) >= 11 is 12.4. The van der Waals surface area contributed by atoms with E-state index >= 15 is 0 Å². The van der Waals surface area contributed by atoms with Gasteiger partial charge >= 0.3 is 0 Å². The first kappa shape index (κ1) is 20.1. The van der Waals surface area contributed by atoms with Crippen LogP contribution in [0, 0.1) is 0 Å². The van der Waals surface area contributed by atoms with Crippen LogP contribution in [0.4, 0.5) is 0 Å². The Bertz CT molecular complexity index is 819. The van der Waals surface area contributed by atoms with Crippen LogP contribution in [0.15, 0.2) is 48.5 Å². The molecule has 2 saturated heterocycles. The molecule has 2 aromatic carbocycles. The molecule has 6 nitrogen and oxygen atoms in total. The van der Waals surface area contributed by atoms with E-state index < -0.39 is 37.0 Å². The lowest BCUT2D eigenvalue weighted by atomic mass is 10.0. The fourth-order valence-electron chi connectivity index (χ4n) is 3.40. The summed E-state index contributed by atoms with van der Waals surface area (Å²) in [6.45, 7) is -0.157. The van der Waals surface area contributed by atoms with E-state index in [2.05, 4.69) is 0 Å². The van der Waals surface area contributed by atoms with E-state index in [0.29, 0.717) is 21.2 Å². The molecule has 0 aromatic heterocycles. The topological polar surface area (TPSA) is 77.4 Å². The summed E-state index contributed by atoms with van der Waals surface area (Å²) in [6, 6.07) is 14.3. The van der Waals surface area contributed by atoms with Crippen molar-refractivity contribution in [3.63, 3.8) is 0 Å². The number of benzene rings is 2. The third-order valence-electron chi connectivity index (χ3n) is 4.87. The zero-order valence-corrected chi connectivity index (χ0v) is 16.3. The van der Waals surface area contributed by atoms with E-state index in [0.717, 1.165) is 0 Å². The van der Waals surface area contributed by atoms with Crippen LogP contribution < -0.4 is 0 Å². The van der Waals surface area contributed by atoms with Gasteiger partial charge in [0.25, 0.3) is 0 Å². The zero-order chi connectivity index (χ0) is 19.7. The van der Waals surface area contributed by atoms with Crippen LogP contribution in [-0.2, 0) is 18.9 Å². The lowest BCUT2D eigenvalue weighted by molar-refractivity contribution is -0.125. The maximum absolute atomic E-state index is 10.8. The van der Waals surface area contributed by atoms with E-state index in [-0.39, 0.29) is 13.2 Å². The summed E-state index contributed by atoms with van der Waals surface area (Å²) in [5, 5.41) is 21.5. The summed E-state index contributed by atoms with van der Waals surface area (Å²) in [7, 11) is 0. The van der Waals surface area contributed by atoms with E-state index in [9.17, 15) is 10.2 Å². The lowest BCUT2D eigenvalue weighted by Gasteiger charge is -2.25. The SMILES string of the molecule is OC[C@H]1OC(c2ccccc2Cl)O[C@H]1[C@H](O)[C@@H]1COC(c2ccccc2Cl)O1. The molecule has 2 fully saturated rings. The minimum Gasteiger partial charge on any atom is -0.394 e. The van der Waals surface area contributed by atoms with Crippen molar-refractivity contribution < 1.29 is 29.2 Å². The van der Waals surface area contributed by atoms with Gasteiger partial charge in [-0.05, 0) is 12.1 Å². The minimum absolute atomic E-state index is 0.159. The third-order valence-corrected chi connectivity index (χ3v) is 5.56. The van der Waals surface area contributed by atoms with Crippen molar-refractivity contribution >= 4 is 23.2 Å². The molecule has 0 amide bonds. The molecule has 28 heavy (non-hydrogen) atoms. The monoisotopic (exact) mass is 426 g/mol. The van der Waals surface area contributed by atoms with Crippen molar-refractivity contribution in [2.75, 3.05) is 13.2 Å². The molecule has 0 aliphatic carbocycles. The molecule has 4 rings (SSSR count). The van der Waals surface area contributed by atoms with Crippen molar-refractivity contribution in [3.05, 3.63) is 69.7 Å². The number of aliphatic hydroxyl groups excluding tert-OH is 2. The summed E-state index contributed by atoms with van der Waals surface area (Å²) < 4.78 is 23.2. The van der Waals surface area contributed by atoms with Crippen LogP contribution in [0.3, 0.4) is 0 Å². The van der Waals surface area contributed by atoms with Gasteiger partial charge in [0.1, 0.15) is 24.4 Å². The molecule has 0 radical (unpaired) electrons. The molecule has 2 aliphatic heterocycles. The lowest BCUT2D eigenvalue weighted by Crippen LogP contribution is -2.45. The molecule has 2 aliphatic rings. The molecular formula is C20H20Cl2O6. The molecule has 2 heterocycles. The fourth-order valence-corrected chi connectivity index (χ4v) is 3.85. The van der Waals surface area contributed by atoms with E-state index in [1.807, 2.05) is 18.2 Å². The number of halogens is 2. The quantitative estimate of drug-likeness (QED) is 0.763. The average molecular weight is 427 g/mol. The molecule has 2 unspecified atom stereocenters. The molecular weight excluding hydrogens is 407 g/mol. The maximum Gasteiger partial charge on any atom is 0.186 e. The molecule has 0 bridgehead atoms. The van der Waals surface area contributed by atoms with Gasteiger partial charge in [0.15, 0.2) is 12.6 Å². The van der Waals surface area contributed by atoms with Crippen LogP contribution in [0.25, 0.3) is 0 Å². The second-order valence-corrected chi connectivity index (χ2v) is 7.48. The second-order valence-electron chi connectivity index (χ2n) is 6.66. The van der Waals surface area contributed by atoms with Gasteiger partial charge in [0, 0.05) is 21.2 Å². The smallest absolute Gasteiger partial charge is 0.186 e. The highest BCUT2D eigenvalue weighted by Crippen LogP contribution is 2.39. The van der Waals surface area contributed by atoms with Gasteiger partial charge in [0.2, 0.25) is 0 Å². The average Bonchev–Trinajstić information content (AvgIpc) is 3.35. The summed E-state index contributed by atoms with van der Waals surface area (Å²) in [5.74, 6) is 0. The maximum atomic E-state index is 10.8. The van der Waals surface area contributed by atoms with E-state index in [1.54, 1.807) is 30.3 Å². The van der Waals surface area contributed by atoms with Crippen molar-refractivity contribution in [3.8, 4) is 0 Å². The summed E-state index contributed by atoms with van der Waals surface area (Å²) in [5.41, 5.74) is 1.32. The Labute approximate surface area is 172 Å². The van der Waals surface area contributed by atoms with Crippen LogP contribution >= 0.6 is 23.2 Å². The minimum atomic E-state index is -1.07. The van der Waals surface area contributed by atoms with E-state index in [4.69, 9.17) is 42.1 Å². The number of ether oxygens (including phenoxy) is 4. The third kappa shape index (κ3) is 3.92. The standard InChI is InChI=1S/C20H20Cl2O6/c21-13-7-3-1-5-11(13)19-25-10-16(27-19)17(24)18-15(9-23)26-20(28-18)12-6-2-4-8-14(12)22/h1-8,15-20,23-24H,9-10H2/t15-,16+,17-,18-,19?,20?/m1/s1. The summed E-state index contributed by atoms with van der Waals surface area (Å²) in [6.07, 6.45) is -4.72. The van der Waals surface area contributed by atoms with Crippen LogP contribution in [-0.4, -0.2) is 47.8 Å². The van der Waals surface area contributed by atoms with Gasteiger partial charge in [-0.3, -0.25) is 0 Å². The number of hydrogen-bond donors (Lipinski definition) is 2. The molecule has 2 N–H and O–H groups in total. The molecule has 6 atom stereocenters. The van der Waals surface area contributed by atoms with Gasteiger partial charge in [-0.15, -0.1) is 0 Å². The van der Waals surface area contributed by atoms with Crippen molar-refractivity contribution in [1.29, 1.82) is 0 Å². The first-order chi connectivity index (χ1) is 13.6. The number of rotatable bonds is 5. The fraction of sp³-hybridized carbons (Fsp3) is 0.400. The summed E-state index contributed by atoms with van der Waals surface area (Å²) in [4.78, 5) is 0. The van der Waals surface area contributed by atoms with E-state index in [1.165, 1.54) is 0 Å². The normalized spacial score (nSPS) is 31.2. The Kier molecular flexibility index (Phi) is 6.20. The number of hydrogen-bond acceptors (Lipinski definition) is 6. The first-order valence-electron chi connectivity index (χ1n) is 8.94. The van der Waals surface area contributed by atoms with Gasteiger partial charge in [-0.1, -0.05) is 59.6 Å². The van der Waals surface area contributed by atoms with Crippen molar-refractivity contribution in [2.24, 2.45) is 0 Å². The van der Waals surface area contributed by atoms with Crippen molar-refractivity contribution in [1.82, 2.24) is 0 Å². The Hall–Kier alpha value is -1.22. The zero-order valence-electron chi connectivity index (χ0n) is 14.8. The Morgan fingerprint density at radius 1 is 0.893 bits per heavy atom. The molecule has 2 aromatic rings. The Morgan fingerprint density at radius 3 is 2.11 bits per heavy atom. The predicted molar refractivity (Wildman–Crippen MR) is 102 cm³/mol. The molecule has 0 spiro atoms. The van der Waals surface area contributed by atoms with Gasteiger partial charge in [0.05, 0.1) is 13.2 Å². The highest BCUT2D eigenvalue weighted by atomic mass is 35.5. The predicted octanol–water partition coefficient (Wildman–Crippen LogP) is 3.24. The first-order valence-corrected chi connectivity index (χ1v) is 9.70. The van der Waals surface area contributed by atoms with Crippen molar-refractivity contribution in [2.45, 2.75) is 37.0 Å². The molecule has 0 saturated carbocycles. The highest BCUT2D eigenvalue weighted by Gasteiger charge is 2.46. The Balaban J connectivity index is 1.46. The van der Waals surface area contributed by atoms with Crippen LogP contribution in [0.2, 0.25) is 10.0 Å². The molecule has 150 valence electrons. The second kappa shape index (κ2) is 8.65. The molecule has 8 heteroatoms. The van der Waals surface area contributed by atoms with Gasteiger partial charge in [-0.2, -0.15) is 0 Å². The largest absolute Gasteiger partial charge is 0.394 e. The van der Waals surface area contributed by atoms with Crippen LogP contribution in [0.1, 0.15) is 23.7 Å². The number of aliphatic hydroxyl groups is 2. The van der Waals surface area contributed by atoms with Gasteiger partial charge in [-0.25, -0.2) is 0 Å².